The molecule has 1 amide bonds. The van der Waals surface area contributed by atoms with Crippen LogP contribution in [0.15, 0.2) is 40.9 Å². The lowest BCUT2D eigenvalue weighted by atomic mass is 10.2. The molecule has 0 bridgehead atoms. The second kappa shape index (κ2) is 7.24. The van der Waals surface area contributed by atoms with Crippen molar-refractivity contribution in [3.05, 3.63) is 35.8 Å². The van der Waals surface area contributed by atoms with Crippen LogP contribution in [0, 0.1) is 0 Å². The van der Waals surface area contributed by atoms with Crippen LogP contribution in [0.2, 0.25) is 0 Å². The van der Waals surface area contributed by atoms with Crippen molar-refractivity contribution in [3.63, 3.8) is 0 Å². The fraction of sp³-hybridized carbons (Fsp3) is 0.556. The normalized spacial score (nSPS) is 29.6. The van der Waals surface area contributed by atoms with Gasteiger partial charge in [0.2, 0.25) is 0 Å². The molecule has 0 spiro atoms. The molecule has 1 saturated heterocycles. The van der Waals surface area contributed by atoms with Crippen LogP contribution in [0.3, 0.4) is 0 Å². The molecule has 4 N–H and O–H groups in total. The molecule has 1 fully saturated rings. The van der Waals surface area contributed by atoms with E-state index < -0.39 is 0 Å². The number of hydrogen-bond acceptors (Lipinski definition) is 8. The van der Waals surface area contributed by atoms with E-state index in [9.17, 15) is 4.79 Å². The Morgan fingerprint density at radius 2 is 2.22 bits per heavy atom. The van der Waals surface area contributed by atoms with Crippen molar-refractivity contribution < 1.29 is 4.79 Å². The predicted molar refractivity (Wildman–Crippen MR) is 104 cm³/mol. The third-order valence-electron chi connectivity index (χ3n) is 5.40. The average Bonchev–Trinajstić information content (AvgIpc) is 3.26. The molecule has 3 atom stereocenters. The molecule has 0 aromatic rings. The molecule has 4 heterocycles. The third-order valence-corrected chi connectivity index (χ3v) is 5.40. The standard InChI is InChI=1S/C18H28N8O/c1-12-17(18(27)22-14-6-8-19-11-20-14)26-15(21-12)4-5-16(23-26)25-9-7-13(10-25)24(2)3/h4-6,8,13-15,19-21H,7,9-11H2,1-3H3,(H,22,27)/t13-,14?,15?/m0/s1. The topological polar surface area (TPSA) is 87.3 Å². The van der Waals surface area contributed by atoms with Crippen LogP contribution in [-0.4, -0.2) is 78.8 Å². The number of amides is 1. The maximum Gasteiger partial charge on any atom is 0.272 e. The number of fused-ring (bicyclic) bond motifs is 1. The number of carbonyl (C=O) groups excluding carboxylic acids is 1. The fourth-order valence-corrected chi connectivity index (χ4v) is 3.81. The zero-order valence-corrected chi connectivity index (χ0v) is 16.1. The number of hydrazone groups is 1. The second-order valence-corrected chi connectivity index (χ2v) is 7.47. The van der Waals surface area contributed by atoms with E-state index in [2.05, 4.69) is 57.3 Å². The van der Waals surface area contributed by atoms with Crippen LogP contribution in [0.5, 0.6) is 0 Å². The summed E-state index contributed by atoms with van der Waals surface area (Å²) in [5.74, 6) is 0.773. The maximum atomic E-state index is 12.9. The molecular weight excluding hydrogens is 344 g/mol. The molecule has 0 aliphatic carbocycles. The van der Waals surface area contributed by atoms with Crippen molar-refractivity contribution in [2.75, 3.05) is 33.9 Å². The SMILES string of the molecule is CC1=C(C(=O)NC2C=CNCN2)N2N=C(N3CC[C@H](N(C)C)C3)C=CC2N1. The Morgan fingerprint density at radius 1 is 1.37 bits per heavy atom. The van der Waals surface area contributed by atoms with Crippen LogP contribution >= 0.6 is 0 Å². The number of hydrogen-bond donors (Lipinski definition) is 4. The first-order valence-electron chi connectivity index (χ1n) is 9.42. The zero-order chi connectivity index (χ0) is 19.0. The Bertz CT molecular complexity index is 725. The first kappa shape index (κ1) is 17.9. The highest BCUT2D eigenvalue weighted by molar-refractivity contribution is 5.97. The van der Waals surface area contributed by atoms with Gasteiger partial charge in [-0.15, -0.1) is 0 Å². The summed E-state index contributed by atoms with van der Waals surface area (Å²) < 4.78 is 0. The predicted octanol–water partition coefficient (Wildman–Crippen LogP) is -0.925. The minimum absolute atomic E-state index is 0.113. The van der Waals surface area contributed by atoms with Gasteiger partial charge < -0.3 is 25.8 Å². The smallest absolute Gasteiger partial charge is 0.272 e. The molecule has 4 aliphatic heterocycles. The van der Waals surface area contributed by atoms with Crippen LogP contribution in [-0.2, 0) is 4.79 Å². The van der Waals surface area contributed by atoms with Crippen molar-refractivity contribution in [1.29, 1.82) is 0 Å². The van der Waals surface area contributed by atoms with Gasteiger partial charge >= 0.3 is 0 Å². The Hall–Kier alpha value is -2.52. The molecule has 146 valence electrons. The van der Waals surface area contributed by atoms with E-state index in [0.29, 0.717) is 18.4 Å². The molecule has 4 rings (SSSR count). The van der Waals surface area contributed by atoms with Crippen molar-refractivity contribution in [2.45, 2.75) is 31.7 Å². The first-order chi connectivity index (χ1) is 13.0. The summed E-state index contributed by atoms with van der Waals surface area (Å²) in [5.41, 5.74) is 1.40. The number of amidine groups is 1. The van der Waals surface area contributed by atoms with Gasteiger partial charge in [0.05, 0.1) is 6.67 Å². The summed E-state index contributed by atoms with van der Waals surface area (Å²) in [5, 5.41) is 19.2. The van der Waals surface area contributed by atoms with Crippen molar-refractivity contribution in [1.82, 2.24) is 36.1 Å². The molecule has 0 aromatic heterocycles. The Labute approximate surface area is 159 Å². The quantitative estimate of drug-likeness (QED) is 0.509. The van der Waals surface area contributed by atoms with Gasteiger partial charge in [-0.05, 0) is 51.9 Å². The molecule has 4 aliphatic rings. The van der Waals surface area contributed by atoms with E-state index in [4.69, 9.17) is 5.10 Å². The fourth-order valence-electron chi connectivity index (χ4n) is 3.81. The van der Waals surface area contributed by atoms with Crippen molar-refractivity contribution >= 4 is 11.7 Å². The van der Waals surface area contributed by atoms with Gasteiger partial charge in [0.15, 0.2) is 0 Å². The van der Waals surface area contributed by atoms with Crippen LogP contribution in [0.1, 0.15) is 13.3 Å². The molecule has 27 heavy (non-hydrogen) atoms. The monoisotopic (exact) mass is 372 g/mol. The number of likely N-dealkylation sites (N-methyl/N-ethyl adjacent to an activating group) is 1. The lowest BCUT2D eigenvalue weighted by Gasteiger charge is -2.30. The summed E-state index contributed by atoms with van der Waals surface area (Å²) in [6.45, 7) is 4.47. The molecular formula is C18H28N8O. The van der Waals surface area contributed by atoms with Crippen LogP contribution in [0.25, 0.3) is 0 Å². The van der Waals surface area contributed by atoms with Crippen molar-refractivity contribution in [3.8, 4) is 0 Å². The van der Waals surface area contributed by atoms with E-state index in [1.807, 2.05) is 19.2 Å². The summed E-state index contributed by atoms with van der Waals surface area (Å²) in [6.07, 6.45) is 8.66. The van der Waals surface area contributed by atoms with E-state index in [0.717, 1.165) is 31.0 Å². The lowest BCUT2D eigenvalue weighted by Crippen LogP contribution is -2.51. The number of rotatable bonds is 3. The molecule has 9 heteroatoms. The maximum absolute atomic E-state index is 12.9. The summed E-state index contributed by atoms with van der Waals surface area (Å²) >= 11 is 0. The molecule has 0 radical (unpaired) electrons. The minimum atomic E-state index is -0.193. The summed E-state index contributed by atoms with van der Waals surface area (Å²) in [4.78, 5) is 17.4. The van der Waals surface area contributed by atoms with Crippen molar-refractivity contribution in [2.24, 2.45) is 5.10 Å². The van der Waals surface area contributed by atoms with Gasteiger partial charge in [0, 0.05) is 24.8 Å². The summed E-state index contributed by atoms with van der Waals surface area (Å²) in [7, 11) is 4.23. The van der Waals surface area contributed by atoms with Gasteiger partial charge in [-0.1, -0.05) is 0 Å². The lowest BCUT2D eigenvalue weighted by molar-refractivity contribution is -0.119. The van der Waals surface area contributed by atoms with E-state index >= 15 is 0 Å². The van der Waals surface area contributed by atoms with Gasteiger partial charge in [-0.25, -0.2) is 5.01 Å². The van der Waals surface area contributed by atoms with Gasteiger partial charge in [-0.2, -0.15) is 5.10 Å². The number of carbonyl (C=O) groups is 1. The second-order valence-electron chi connectivity index (χ2n) is 7.47. The van der Waals surface area contributed by atoms with E-state index in [-0.39, 0.29) is 18.2 Å². The molecule has 0 aromatic carbocycles. The minimum Gasteiger partial charge on any atom is -0.378 e. The Morgan fingerprint density at radius 3 is 2.93 bits per heavy atom. The third kappa shape index (κ3) is 3.52. The van der Waals surface area contributed by atoms with E-state index in [1.54, 1.807) is 5.01 Å². The number of nitrogens with one attached hydrogen (secondary N) is 4. The van der Waals surface area contributed by atoms with Crippen LogP contribution in [0.4, 0.5) is 0 Å². The highest BCUT2D eigenvalue weighted by Gasteiger charge is 2.36. The number of allylic oxidation sites excluding steroid dienone is 1. The average molecular weight is 372 g/mol. The Kier molecular flexibility index (Phi) is 4.79. The summed E-state index contributed by atoms with van der Waals surface area (Å²) in [6, 6.07) is 0.536. The molecule has 0 saturated carbocycles. The van der Waals surface area contributed by atoms with Crippen LogP contribution < -0.4 is 21.3 Å². The van der Waals surface area contributed by atoms with Gasteiger partial charge in [0.1, 0.15) is 23.9 Å². The first-order valence-corrected chi connectivity index (χ1v) is 9.42. The Balaban J connectivity index is 1.49. The number of likely N-dealkylation sites (tertiary alicyclic amines) is 1. The highest BCUT2D eigenvalue weighted by Crippen LogP contribution is 2.26. The largest absolute Gasteiger partial charge is 0.378 e. The zero-order valence-electron chi connectivity index (χ0n) is 16.1. The highest BCUT2D eigenvalue weighted by atomic mass is 16.2. The van der Waals surface area contributed by atoms with Gasteiger partial charge in [-0.3, -0.25) is 10.1 Å². The van der Waals surface area contributed by atoms with E-state index in [1.165, 1.54) is 0 Å². The number of nitrogens with zero attached hydrogens (tertiary/aromatic N) is 4. The molecule has 2 unspecified atom stereocenters. The molecule has 9 nitrogen and oxygen atoms in total. The van der Waals surface area contributed by atoms with Gasteiger partial charge in [0.25, 0.3) is 5.91 Å².